The predicted molar refractivity (Wildman–Crippen MR) is 140 cm³/mol. The zero-order chi connectivity index (χ0) is 25.8. The van der Waals surface area contributed by atoms with Gasteiger partial charge in [0.2, 0.25) is 0 Å². The average Bonchev–Trinajstić information content (AvgIpc) is 3.52. The Morgan fingerprint density at radius 3 is 2.51 bits per heavy atom. The molecule has 4 aromatic rings. The van der Waals surface area contributed by atoms with E-state index in [1.54, 1.807) is 0 Å². The number of carbonyl (C=O) groups is 1. The fourth-order valence-corrected chi connectivity index (χ4v) is 4.74. The standard InChI is InChI=1S/C29H29N3O5/c1-19-15-23(27(33)30-24-7-2-3-8-24)11-14-26(19)22-6-4-5-21(16-22)18-36-25-12-9-20(10-13-25)17-32-28(34)31-29(35)37-32/h4-6,9-16,24H,2-3,7-8,17-18H2,1H3,(H,30,33)(H,31,34,35). The molecular formula is C29H29N3O5. The van der Waals surface area contributed by atoms with Gasteiger partial charge in [0.05, 0.1) is 6.54 Å². The molecule has 8 heteroatoms. The van der Waals surface area contributed by atoms with E-state index in [2.05, 4.69) is 22.4 Å². The van der Waals surface area contributed by atoms with E-state index in [1.165, 1.54) is 12.8 Å². The zero-order valence-electron chi connectivity index (χ0n) is 20.7. The van der Waals surface area contributed by atoms with Crippen LogP contribution in [0.4, 0.5) is 0 Å². The van der Waals surface area contributed by atoms with Gasteiger partial charge < -0.3 is 14.6 Å². The SMILES string of the molecule is Cc1cc(C(=O)NC2CCCC2)ccc1-c1cccc(COc2ccc(Cn3oc(=O)[nH]c3=O)cc2)c1. The van der Waals surface area contributed by atoms with E-state index in [1.807, 2.05) is 61.5 Å². The second-order valence-electron chi connectivity index (χ2n) is 9.46. The quantitative estimate of drug-likeness (QED) is 0.374. The third-order valence-electron chi connectivity index (χ3n) is 6.70. The number of nitrogens with one attached hydrogen (secondary N) is 2. The highest BCUT2D eigenvalue weighted by Gasteiger charge is 2.18. The summed E-state index contributed by atoms with van der Waals surface area (Å²) in [5.41, 5.74) is 5.12. The third kappa shape index (κ3) is 5.91. The summed E-state index contributed by atoms with van der Waals surface area (Å²) in [6.45, 7) is 2.57. The van der Waals surface area contributed by atoms with Gasteiger partial charge in [0.25, 0.3) is 5.91 Å². The zero-order valence-corrected chi connectivity index (χ0v) is 20.7. The number of aromatic amines is 1. The van der Waals surface area contributed by atoms with E-state index in [4.69, 9.17) is 9.26 Å². The Labute approximate surface area is 213 Å². The third-order valence-corrected chi connectivity index (χ3v) is 6.70. The maximum atomic E-state index is 12.6. The van der Waals surface area contributed by atoms with Gasteiger partial charge in [0.15, 0.2) is 0 Å². The summed E-state index contributed by atoms with van der Waals surface area (Å²) in [7, 11) is 0. The van der Waals surface area contributed by atoms with Crippen LogP contribution in [-0.2, 0) is 13.2 Å². The van der Waals surface area contributed by atoms with Crippen molar-refractivity contribution >= 4 is 5.91 Å². The van der Waals surface area contributed by atoms with E-state index in [-0.39, 0.29) is 12.5 Å². The first-order chi connectivity index (χ1) is 17.9. The molecule has 0 atom stereocenters. The van der Waals surface area contributed by atoms with E-state index < -0.39 is 11.4 Å². The van der Waals surface area contributed by atoms with Gasteiger partial charge in [0, 0.05) is 11.6 Å². The van der Waals surface area contributed by atoms with Crippen LogP contribution in [0.2, 0.25) is 0 Å². The van der Waals surface area contributed by atoms with Crippen molar-refractivity contribution < 1.29 is 14.1 Å². The largest absolute Gasteiger partial charge is 0.489 e. The minimum Gasteiger partial charge on any atom is -0.489 e. The van der Waals surface area contributed by atoms with Gasteiger partial charge in [-0.15, -0.1) is 4.74 Å². The van der Waals surface area contributed by atoms with Gasteiger partial charge in [-0.05, 0) is 77.9 Å². The average molecular weight is 500 g/mol. The lowest BCUT2D eigenvalue weighted by Crippen LogP contribution is -2.32. The number of hydrogen-bond acceptors (Lipinski definition) is 5. The molecule has 37 heavy (non-hydrogen) atoms. The molecule has 1 aliphatic rings. The minimum atomic E-state index is -0.775. The second kappa shape index (κ2) is 10.7. The van der Waals surface area contributed by atoms with Gasteiger partial charge >= 0.3 is 11.4 Å². The molecule has 3 aromatic carbocycles. The molecule has 1 fully saturated rings. The first-order valence-electron chi connectivity index (χ1n) is 12.5. The van der Waals surface area contributed by atoms with Crippen molar-refractivity contribution in [3.8, 4) is 16.9 Å². The summed E-state index contributed by atoms with van der Waals surface area (Å²) in [6.07, 6.45) is 4.50. The van der Waals surface area contributed by atoms with E-state index >= 15 is 0 Å². The number of benzene rings is 3. The van der Waals surface area contributed by atoms with Crippen molar-refractivity contribution in [3.63, 3.8) is 0 Å². The molecule has 1 heterocycles. The van der Waals surface area contributed by atoms with Gasteiger partial charge in [-0.25, -0.2) is 14.6 Å². The number of ether oxygens (including phenoxy) is 1. The fourth-order valence-electron chi connectivity index (χ4n) is 4.74. The number of rotatable bonds is 8. The van der Waals surface area contributed by atoms with Crippen LogP contribution in [0.3, 0.4) is 0 Å². The molecule has 2 N–H and O–H groups in total. The molecule has 1 aromatic heterocycles. The number of aryl methyl sites for hydroxylation is 1. The van der Waals surface area contributed by atoms with Crippen molar-refractivity contribution in [1.29, 1.82) is 0 Å². The summed E-state index contributed by atoms with van der Waals surface area (Å²) >= 11 is 0. The van der Waals surface area contributed by atoms with Crippen LogP contribution in [0.15, 0.2) is 80.8 Å². The number of H-pyrrole nitrogens is 1. The molecule has 0 saturated heterocycles. The molecule has 1 aliphatic carbocycles. The number of carbonyl (C=O) groups excluding carboxylic acids is 1. The lowest BCUT2D eigenvalue weighted by molar-refractivity contribution is 0.0938. The molecule has 190 valence electrons. The highest BCUT2D eigenvalue weighted by atomic mass is 16.5. The number of amides is 1. The molecular weight excluding hydrogens is 470 g/mol. The minimum absolute atomic E-state index is 0.000528. The Bertz CT molecular complexity index is 1510. The first kappa shape index (κ1) is 24.4. The lowest BCUT2D eigenvalue weighted by Gasteiger charge is -2.14. The summed E-state index contributed by atoms with van der Waals surface area (Å²) in [5, 5.41) is 3.15. The Balaban J connectivity index is 1.22. The maximum absolute atomic E-state index is 12.6. The Morgan fingerprint density at radius 2 is 1.81 bits per heavy atom. The van der Waals surface area contributed by atoms with Gasteiger partial charge in [-0.3, -0.25) is 4.79 Å². The van der Waals surface area contributed by atoms with Crippen molar-refractivity contribution in [2.75, 3.05) is 0 Å². The van der Waals surface area contributed by atoms with Gasteiger partial charge in [-0.1, -0.05) is 49.2 Å². The highest BCUT2D eigenvalue weighted by Crippen LogP contribution is 2.26. The molecule has 5 rings (SSSR count). The van der Waals surface area contributed by atoms with Crippen LogP contribution in [0.1, 0.15) is 52.7 Å². The van der Waals surface area contributed by atoms with Crippen LogP contribution < -0.4 is 21.5 Å². The van der Waals surface area contributed by atoms with E-state index in [9.17, 15) is 14.4 Å². The van der Waals surface area contributed by atoms with Crippen molar-refractivity contribution in [2.24, 2.45) is 0 Å². The summed E-state index contributed by atoms with van der Waals surface area (Å²) < 4.78 is 11.7. The predicted octanol–water partition coefficient (Wildman–Crippen LogP) is 4.40. The van der Waals surface area contributed by atoms with Crippen LogP contribution in [0.25, 0.3) is 11.1 Å². The van der Waals surface area contributed by atoms with Crippen molar-refractivity contribution in [3.05, 3.63) is 110 Å². The van der Waals surface area contributed by atoms with Crippen LogP contribution in [-0.4, -0.2) is 21.7 Å². The van der Waals surface area contributed by atoms with Crippen LogP contribution >= 0.6 is 0 Å². The molecule has 0 bridgehead atoms. The smallest absolute Gasteiger partial charge is 0.440 e. The number of nitrogens with zero attached hydrogens (tertiary/aromatic N) is 1. The molecule has 1 saturated carbocycles. The number of hydrogen-bond donors (Lipinski definition) is 2. The number of aromatic nitrogens is 2. The molecule has 8 nitrogen and oxygen atoms in total. The summed E-state index contributed by atoms with van der Waals surface area (Å²) in [5.74, 6) is -0.0894. The second-order valence-corrected chi connectivity index (χ2v) is 9.46. The summed E-state index contributed by atoms with van der Waals surface area (Å²) in [6, 6.07) is 21.6. The van der Waals surface area contributed by atoms with Crippen LogP contribution in [0, 0.1) is 6.92 Å². The Kier molecular flexibility index (Phi) is 7.07. The van der Waals surface area contributed by atoms with Crippen LogP contribution in [0.5, 0.6) is 5.75 Å². The monoisotopic (exact) mass is 499 g/mol. The van der Waals surface area contributed by atoms with Gasteiger partial charge in [-0.2, -0.15) is 0 Å². The molecule has 0 unspecified atom stereocenters. The van der Waals surface area contributed by atoms with E-state index in [0.29, 0.717) is 24.0 Å². The van der Waals surface area contributed by atoms with Crippen molar-refractivity contribution in [2.45, 2.75) is 51.8 Å². The molecule has 0 spiro atoms. The topological polar surface area (TPSA) is 106 Å². The lowest BCUT2D eigenvalue weighted by atomic mass is 9.97. The first-order valence-corrected chi connectivity index (χ1v) is 12.5. The summed E-state index contributed by atoms with van der Waals surface area (Å²) in [4.78, 5) is 37.4. The van der Waals surface area contributed by atoms with Crippen molar-refractivity contribution in [1.82, 2.24) is 15.0 Å². The molecule has 0 aliphatic heterocycles. The van der Waals surface area contributed by atoms with E-state index in [0.717, 1.165) is 45.4 Å². The highest BCUT2D eigenvalue weighted by molar-refractivity contribution is 5.95. The molecule has 0 radical (unpaired) electrons. The normalized spacial score (nSPS) is 13.5. The van der Waals surface area contributed by atoms with Gasteiger partial charge in [0.1, 0.15) is 12.4 Å². The fraction of sp³-hybridized carbons (Fsp3) is 0.276. The Hall–Kier alpha value is -4.33. The Morgan fingerprint density at radius 1 is 1.03 bits per heavy atom. The maximum Gasteiger partial charge on any atom is 0.440 e. The molecule has 1 amide bonds.